The highest BCUT2D eigenvalue weighted by Gasteiger charge is 2.35. The highest BCUT2D eigenvalue weighted by Crippen LogP contribution is 2.37. The van der Waals surface area contributed by atoms with Gasteiger partial charge in [-0.1, -0.05) is 0 Å². The molecule has 0 saturated carbocycles. The second kappa shape index (κ2) is 4.55. The first-order chi connectivity index (χ1) is 9.56. The van der Waals surface area contributed by atoms with Crippen LogP contribution in [0.15, 0.2) is 18.2 Å². The average molecular weight is 279 g/mol. The summed E-state index contributed by atoms with van der Waals surface area (Å²) in [6.07, 6.45) is -0.931. The number of amides is 1. The Morgan fingerprint density at radius 2 is 2.25 bits per heavy atom. The third kappa shape index (κ3) is 1.98. The number of rotatable bonds is 1. The molecular weight excluding hydrogens is 266 g/mol. The Labute approximate surface area is 114 Å². The van der Waals surface area contributed by atoms with Crippen LogP contribution in [0.5, 0.6) is 5.75 Å². The number of piperazine rings is 1. The summed E-state index contributed by atoms with van der Waals surface area (Å²) < 4.78 is 5.55. The van der Waals surface area contributed by atoms with E-state index in [1.54, 1.807) is 6.07 Å². The summed E-state index contributed by atoms with van der Waals surface area (Å²) in [5.41, 5.74) is 0.781. The summed E-state index contributed by atoms with van der Waals surface area (Å²) in [6, 6.07) is 4.47. The predicted octanol–water partition coefficient (Wildman–Crippen LogP) is 1.16. The number of ether oxygens (including phenoxy) is 1. The Balaban J connectivity index is 1.87. The van der Waals surface area contributed by atoms with Gasteiger partial charge in [0.25, 0.3) is 5.69 Å². The van der Waals surface area contributed by atoms with Gasteiger partial charge in [0.05, 0.1) is 22.7 Å². The van der Waals surface area contributed by atoms with Gasteiger partial charge in [-0.25, -0.2) is 4.79 Å². The molecule has 1 aromatic rings. The lowest BCUT2D eigenvalue weighted by Crippen LogP contribution is -2.58. The van der Waals surface area contributed by atoms with Crippen molar-refractivity contribution in [2.75, 3.05) is 31.1 Å². The SMILES string of the molecule is O=C(O)N1CCN2c3ccc([N+](=O)[O-])cc3OC[C@@H]2C1. The van der Waals surface area contributed by atoms with Crippen LogP contribution in [-0.2, 0) is 0 Å². The van der Waals surface area contributed by atoms with Crippen LogP contribution in [0, 0.1) is 10.1 Å². The van der Waals surface area contributed by atoms with Crippen molar-refractivity contribution in [2.24, 2.45) is 0 Å². The van der Waals surface area contributed by atoms with Crippen LogP contribution in [0.25, 0.3) is 0 Å². The van der Waals surface area contributed by atoms with Gasteiger partial charge in [-0.3, -0.25) is 10.1 Å². The third-order valence-corrected chi connectivity index (χ3v) is 3.65. The number of benzene rings is 1. The smallest absolute Gasteiger partial charge is 0.407 e. The fourth-order valence-corrected chi connectivity index (χ4v) is 2.64. The number of carbonyl (C=O) groups is 1. The van der Waals surface area contributed by atoms with Crippen molar-refractivity contribution in [1.29, 1.82) is 0 Å². The van der Waals surface area contributed by atoms with E-state index < -0.39 is 11.0 Å². The zero-order chi connectivity index (χ0) is 14.3. The second-order valence-electron chi connectivity index (χ2n) is 4.80. The summed E-state index contributed by atoms with van der Waals surface area (Å²) in [4.78, 5) is 24.7. The lowest BCUT2D eigenvalue weighted by Gasteiger charge is -2.44. The number of nitro groups is 1. The van der Waals surface area contributed by atoms with E-state index in [1.807, 2.05) is 0 Å². The molecule has 8 nitrogen and oxygen atoms in total. The van der Waals surface area contributed by atoms with Crippen LogP contribution in [0.1, 0.15) is 0 Å². The van der Waals surface area contributed by atoms with Crippen molar-refractivity contribution in [3.63, 3.8) is 0 Å². The van der Waals surface area contributed by atoms with Gasteiger partial charge < -0.3 is 19.6 Å². The van der Waals surface area contributed by atoms with Crippen molar-refractivity contribution < 1.29 is 19.6 Å². The highest BCUT2D eigenvalue weighted by atomic mass is 16.6. The first-order valence-corrected chi connectivity index (χ1v) is 6.22. The van der Waals surface area contributed by atoms with E-state index in [0.717, 1.165) is 5.69 Å². The Hall–Kier alpha value is -2.51. The molecule has 1 N–H and O–H groups in total. The zero-order valence-corrected chi connectivity index (χ0v) is 10.6. The minimum absolute atomic E-state index is 0.00799. The van der Waals surface area contributed by atoms with Gasteiger partial charge in [-0.15, -0.1) is 0 Å². The Morgan fingerprint density at radius 3 is 2.95 bits per heavy atom. The lowest BCUT2D eigenvalue weighted by atomic mass is 10.1. The van der Waals surface area contributed by atoms with E-state index in [0.29, 0.717) is 32.0 Å². The minimum Gasteiger partial charge on any atom is -0.489 e. The number of hydrogen-bond acceptors (Lipinski definition) is 5. The molecule has 0 aromatic heterocycles. The molecule has 0 radical (unpaired) electrons. The maximum absolute atomic E-state index is 11.0. The molecule has 2 aliphatic heterocycles. The van der Waals surface area contributed by atoms with Crippen molar-refractivity contribution >= 4 is 17.5 Å². The molecular formula is C12H13N3O5. The van der Waals surface area contributed by atoms with E-state index in [9.17, 15) is 14.9 Å². The molecule has 1 amide bonds. The Morgan fingerprint density at radius 1 is 1.45 bits per heavy atom. The fourth-order valence-electron chi connectivity index (χ4n) is 2.64. The molecule has 0 bridgehead atoms. The molecule has 3 rings (SSSR count). The van der Waals surface area contributed by atoms with E-state index in [1.165, 1.54) is 17.0 Å². The largest absolute Gasteiger partial charge is 0.489 e. The van der Waals surface area contributed by atoms with Gasteiger partial charge in [0, 0.05) is 25.7 Å². The number of anilines is 1. The fraction of sp³-hybridized carbons (Fsp3) is 0.417. The normalized spacial score (nSPS) is 20.7. The van der Waals surface area contributed by atoms with Crippen molar-refractivity contribution in [1.82, 2.24) is 4.90 Å². The van der Waals surface area contributed by atoms with Crippen LogP contribution >= 0.6 is 0 Å². The van der Waals surface area contributed by atoms with Crippen LogP contribution < -0.4 is 9.64 Å². The molecule has 1 aromatic carbocycles. The molecule has 106 valence electrons. The van der Waals surface area contributed by atoms with Crippen molar-refractivity contribution in [3.8, 4) is 5.75 Å². The molecule has 8 heteroatoms. The van der Waals surface area contributed by atoms with Gasteiger partial charge in [0.2, 0.25) is 0 Å². The number of fused-ring (bicyclic) bond motifs is 3. The van der Waals surface area contributed by atoms with Crippen LogP contribution in [0.2, 0.25) is 0 Å². The molecule has 0 unspecified atom stereocenters. The summed E-state index contributed by atoms with van der Waals surface area (Å²) in [5.74, 6) is 0.485. The zero-order valence-electron chi connectivity index (χ0n) is 10.6. The standard InChI is InChI=1S/C12H13N3O5/c16-12(17)13-3-4-14-9(6-13)7-20-11-5-8(15(18)19)1-2-10(11)14/h1-2,5,9H,3-4,6-7H2,(H,16,17)/t9-/m0/s1. The second-order valence-corrected chi connectivity index (χ2v) is 4.80. The summed E-state index contributed by atoms with van der Waals surface area (Å²) in [5, 5.41) is 19.8. The monoisotopic (exact) mass is 279 g/mol. The molecule has 1 atom stereocenters. The third-order valence-electron chi connectivity index (χ3n) is 3.65. The summed E-state index contributed by atoms with van der Waals surface area (Å²) in [6.45, 7) is 1.69. The van der Waals surface area contributed by atoms with E-state index in [4.69, 9.17) is 9.84 Å². The topological polar surface area (TPSA) is 96.2 Å². The molecule has 0 spiro atoms. The maximum atomic E-state index is 11.0. The maximum Gasteiger partial charge on any atom is 0.407 e. The van der Waals surface area contributed by atoms with Gasteiger partial charge in [0.1, 0.15) is 12.4 Å². The highest BCUT2D eigenvalue weighted by molar-refractivity contribution is 5.68. The Kier molecular flexibility index (Phi) is 2.85. The number of nitrogens with zero attached hydrogens (tertiary/aromatic N) is 3. The molecule has 2 aliphatic rings. The van der Waals surface area contributed by atoms with Crippen LogP contribution in [0.4, 0.5) is 16.2 Å². The number of nitro benzene ring substituents is 1. The van der Waals surface area contributed by atoms with Gasteiger partial charge in [-0.05, 0) is 6.07 Å². The lowest BCUT2D eigenvalue weighted by molar-refractivity contribution is -0.384. The molecule has 1 saturated heterocycles. The van der Waals surface area contributed by atoms with Gasteiger partial charge in [-0.2, -0.15) is 0 Å². The molecule has 2 heterocycles. The summed E-state index contributed by atoms with van der Waals surface area (Å²) in [7, 11) is 0. The van der Waals surface area contributed by atoms with Crippen LogP contribution in [-0.4, -0.2) is 53.3 Å². The van der Waals surface area contributed by atoms with Gasteiger partial charge >= 0.3 is 6.09 Å². The quantitative estimate of drug-likeness (QED) is 0.612. The molecule has 0 aliphatic carbocycles. The van der Waals surface area contributed by atoms with Gasteiger partial charge in [0.15, 0.2) is 0 Å². The van der Waals surface area contributed by atoms with Crippen molar-refractivity contribution in [3.05, 3.63) is 28.3 Å². The Bertz CT molecular complexity index is 576. The van der Waals surface area contributed by atoms with E-state index in [-0.39, 0.29) is 11.7 Å². The van der Waals surface area contributed by atoms with Crippen molar-refractivity contribution in [2.45, 2.75) is 6.04 Å². The van der Waals surface area contributed by atoms with E-state index in [2.05, 4.69) is 4.90 Å². The average Bonchev–Trinajstić information content (AvgIpc) is 2.45. The first-order valence-electron chi connectivity index (χ1n) is 6.22. The van der Waals surface area contributed by atoms with E-state index >= 15 is 0 Å². The first kappa shape index (κ1) is 12.5. The predicted molar refractivity (Wildman–Crippen MR) is 69.3 cm³/mol. The number of carboxylic acid groups (broad SMARTS) is 1. The molecule has 1 fully saturated rings. The van der Waals surface area contributed by atoms with Crippen LogP contribution in [0.3, 0.4) is 0 Å². The minimum atomic E-state index is -0.931. The number of non-ortho nitro benzene ring substituents is 1. The summed E-state index contributed by atoms with van der Waals surface area (Å²) >= 11 is 0. The molecule has 20 heavy (non-hydrogen) atoms. The number of hydrogen-bond donors (Lipinski definition) is 1.